The van der Waals surface area contributed by atoms with Gasteiger partial charge in [0, 0.05) is 45.0 Å². The highest BCUT2D eigenvalue weighted by atomic mass is 16.4. The molecule has 0 saturated carbocycles. The number of benzene rings is 9. The van der Waals surface area contributed by atoms with Gasteiger partial charge in [-0.1, -0.05) is 146 Å². The number of para-hydroxylation sites is 1. The Balaban J connectivity index is 0.993. The van der Waals surface area contributed by atoms with E-state index < -0.39 is 0 Å². The van der Waals surface area contributed by atoms with Gasteiger partial charge in [-0.2, -0.15) is 0 Å². The van der Waals surface area contributed by atoms with Crippen LogP contribution in [0.1, 0.15) is 0 Å². The number of hydrogen-bond donors (Lipinski definition) is 0. The first-order valence-corrected chi connectivity index (χ1v) is 19.2. The molecule has 0 unspecified atom stereocenters. The van der Waals surface area contributed by atoms with E-state index in [-0.39, 0.29) is 0 Å². The van der Waals surface area contributed by atoms with Gasteiger partial charge in [0.2, 0.25) is 5.89 Å². The first-order valence-electron chi connectivity index (χ1n) is 19.2. The molecule has 9 aromatic carbocycles. The summed E-state index contributed by atoms with van der Waals surface area (Å²) < 4.78 is 12.8. The van der Waals surface area contributed by atoms with E-state index in [2.05, 4.69) is 175 Å². The van der Waals surface area contributed by atoms with Crippen LogP contribution in [0.2, 0.25) is 0 Å². The van der Waals surface area contributed by atoms with Gasteiger partial charge in [0.1, 0.15) is 16.7 Å². The lowest BCUT2D eigenvalue weighted by Gasteiger charge is -2.26. The molecule has 4 nitrogen and oxygen atoms in total. The average Bonchev–Trinajstić information content (AvgIpc) is 3.87. The van der Waals surface area contributed by atoms with E-state index in [1.165, 1.54) is 33.0 Å². The highest BCUT2D eigenvalue weighted by Crippen LogP contribution is 2.42. The van der Waals surface area contributed by atoms with Crippen molar-refractivity contribution < 1.29 is 8.83 Å². The van der Waals surface area contributed by atoms with Crippen molar-refractivity contribution in [2.45, 2.75) is 0 Å². The van der Waals surface area contributed by atoms with Gasteiger partial charge in [0.05, 0.1) is 0 Å². The Hall–Kier alpha value is -7.69. The molecule has 0 aliphatic heterocycles. The summed E-state index contributed by atoms with van der Waals surface area (Å²) in [5.41, 5.74) is 14.1. The SMILES string of the molecule is c1ccc(-c2ccc(N(c3ccc(-c4cccc5c4oc4cc6nc(-c7ccccc7)oc6cc45)cc3)c3cccc(-c4cccc5ccccc45)c3)cc2)cc1. The molecule has 268 valence electrons. The van der Waals surface area contributed by atoms with Crippen LogP contribution in [0, 0.1) is 0 Å². The van der Waals surface area contributed by atoms with Crippen LogP contribution >= 0.6 is 0 Å². The minimum absolute atomic E-state index is 0.602. The summed E-state index contributed by atoms with van der Waals surface area (Å²) in [4.78, 5) is 7.12. The van der Waals surface area contributed by atoms with Gasteiger partial charge in [-0.15, -0.1) is 0 Å². The lowest BCUT2D eigenvalue weighted by atomic mass is 9.97. The van der Waals surface area contributed by atoms with Crippen molar-refractivity contribution in [1.29, 1.82) is 0 Å². The normalized spacial score (nSPS) is 11.5. The standard InChI is InChI=1S/C53H34N2O2/c1-3-12-35(13-4-1)36-24-28-41(29-25-36)55(43-19-9-18-40(32-43)45-21-10-17-37-14-7-8-20-44(37)45)42-30-26-38(27-31-42)46-22-11-23-47-48-33-51-49(34-50(48)56-52(46)47)54-53(57-51)39-15-5-2-6-16-39/h1-34H. The Morgan fingerprint density at radius 3 is 1.74 bits per heavy atom. The third kappa shape index (κ3) is 5.83. The molecule has 0 fully saturated rings. The number of nitrogens with zero attached hydrogens (tertiary/aromatic N) is 2. The minimum Gasteiger partial charge on any atom is -0.455 e. The molecular weight excluding hydrogens is 697 g/mol. The van der Waals surface area contributed by atoms with Gasteiger partial charge in [-0.3, -0.25) is 0 Å². The second-order valence-electron chi connectivity index (χ2n) is 14.4. The summed E-state index contributed by atoms with van der Waals surface area (Å²) in [5.74, 6) is 0.602. The topological polar surface area (TPSA) is 42.4 Å². The van der Waals surface area contributed by atoms with Crippen LogP contribution < -0.4 is 4.90 Å². The molecule has 0 N–H and O–H groups in total. The lowest BCUT2D eigenvalue weighted by Crippen LogP contribution is -2.10. The number of aromatic nitrogens is 1. The number of furan rings is 1. The molecule has 2 aromatic heterocycles. The Labute approximate surface area is 329 Å². The van der Waals surface area contributed by atoms with E-state index >= 15 is 0 Å². The largest absolute Gasteiger partial charge is 0.455 e. The molecule has 0 aliphatic carbocycles. The fourth-order valence-electron chi connectivity index (χ4n) is 8.11. The van der Waals surface area contributed by atoms with E-state index in [1.807, 2.05) is 36.4 Å². The zero-order valence-corrected chi connectivity index (χ0v) is 30.8. The predicted octanol–water partition coefficient (Wildman–Crippen LogP) is 15.0. The summed E-state index contributed by atoms with van der Waals surface area (Å²) in [7, 11) is 0. The summed E-state index contributed by atoms with van der Waals surface area (Å²) in [6.45, 7) is 0. The monoisotopic (exact) mass is 730 g/mol. The zero-order chi connectivity index (χ0) is 37.7. The van der Waals surface area contributed by atoms with Gasteiger partial charge in [-0.25, -0.2) is 4.98 Å². The van der Waals surface area contributed by atoms with Crippen molar-refractivity contribution in [2.75, 3.05) is 4.90 Å². The van der Waals surface area contributed by atoms with Crippen molar-refractivity contribution in [2.24, 2.45) is 0 Å². The molecule has 0 saturated heterocycles. The fraction of sp³-hybridized carbons (Fsp3) is 0. The van der Waals surface area contributed by atoms with Crippen LogP contribution in [0.25, 0.3) is 88.6 Å². The summed E-state index contributed by atoms with van der Waals surface area (Å²) in [6.07, 6.45) is 0. The van der Waals surface area contributed by atoms with Crippen LogP contribution in [0.5, 0.6) is 0 Å². The quantitative estimate of drug-likeness (QED) is 0.164. The molecule has 0 bridgehead atoms. The van der Waals surface area contributed by atoms with Crippen LogP contribution in [0.15, 0.2) is 215 Å². The van der Waals surface area contributed by atoms with Crippen LogP contribution in [0.4, 0.5) is 17.1 Å². The smallest absolute Gasteiger partial charge is 0.227 e. The van der Waals surface area contributed by atoms with E-state index in [1.54, 1.807) is 0 Å². The Bertz CT molecular complexity index is 3210. The number of oxazole rings is 1. The maximum atomic E-state index is 6.62. The first-order chi connectivity index (χ1) is 28.2. The van der Waals surface area contributed by atoms with Crippen molar-refractivity contribution in [3.8, 4) is 44.8 Å². The predicted molar refractivity (Wildman–Crippen MR) is 235 cm³/mol. The summed E-state index contributed by atoms with van der Waals surface area (Å²) >= 11 is 0. The maximum Gasteiger partial charge on any atom is 0.227 e. The number of rotatable bonds is 7. The molecule has 11 rings (SSSR count). The maximum absolute atomic E-state index is 6.62. The van der Waals surface area contributed by atoms with Crippen molar-refractivity contribution in [3.63, 3.8) is 0 Å². The second kappa shape index (κ2) is 13.6. The van der Waals surface area contributed by atoms with Gasteiger partial charge >= 0.3 is 0 Å². The van der Waals surface area contributed by atoms with Crippen LogP contribution in [0.3, 0.4) is 0 Å². The van der Waals surface area contributed by atoms with Crippen molar-refractivity contribution in [1.82, 2.24) is 4.98 Å². The molecule has 0 atom stereocenters. The first kappa shape index (κ1) is 32.7. The van der Waals surface area contributed by atoms with E-state index in [0.717, 1.165) is 66.8 Å². The van der Waals surface area contributed by atoms with E-state index in [9.17, 15) is 0 Å². The molecular formula is C53H34N2O2. The number of anilines is 3. The molecule has 4 heteroatoms. The molecule has 0 radical (unpaired) electrons. The minimum atomic E-state index is 0.602. The van der Waals surface area contributed by atoms with Crippen LogP contribution in [-0.4, -0.2) is 4.98 Å². The Kier molecular flexibility index (Phi) is 7.78. The highest BCUT2D eigenvalue weighted by molar-refractivity contribution is 6.12. The zero-order valence-electron chi connectivity index (χ0n) is 30.8. The Morgan fingerprint density at radius 1 is 0.351 bits per heavy atom. The summed E-state index contributed by atoms with van der Waals surface area (Å²) in [6, 6.07) is 72.5. The Morgan fingerprint density at radius 2 is 0.947 bits per heavy atom. The highest BCUT2D eigenvalue weighted by Gasteiger charge is 2.18. The molecule has 0 amide bonds. The molecule has 11 aromatic rings. The molecule has 57 heavy (non-hydrogen) atoms. The third-order valence-corrected chi connectivity index (χ3v) is 10.9. The molecule has 2 heterocycles. The van der Waals surface area contributed by atoms with Gasteiger partial charge in [0.15, 0.2) is 5.58 Å². The lowest BCUT2D eigenvalue weighted by molar-refractivity contribution is 0.620. The number of hydrogen-bond acceptors (Lipinski definition) is 4. The van der Waals surface area contributed by atoms with Gasteiger partial charge in [-0.05, 0) is 93.2 Å². The molecule has 0 aliphatic rings. The van der Waals surface area contributed by atoms with Gasteiger partial charge in [0.25, 0.3) is 0 Å². The van der Waals surface area contributed by atoms with Gasteiger partial charge < -0.3 is 13.7 Å². The molecule has 0 spiro atoms. The average molecular weight is 731 g/mol. The third-order valence-electron chi connectivity index (χ3n) is 10.9. The fourth-order valence-corrected chi connectivity index (χ4v) is 8.11. The second-order valence-corrected chi connectivity index (χ2v) is 14.4. The van der Waals surface area contributed by atoms with Crippen LogP contribution in [-0.2, 0) is 0 Å². The summed E-state index contributed by atoms with van der Waals surface area (Å²) in [5, 5.41) is 4.51. The van der Waals surface area contributed by atoms with Crippen molar-refractivity contribution in [3.05, 3.63) is 206 Å². The number of fused-ring (bicyclic) bond motifs is 5. The van der Waals surface area contributed by atoms with E-state index in [0.29, 0.717) is 5.89 Å². The van der Waals surface area contributed by atoms with Crippen molar-refractivity contribution >= 4 is 60.9 Å². The van der Waals surface area contributed by atoms with E-state index in [4.69, 9.17) is 13.8 Å².